The fourth-order valence-corrected chi connectivity index (χ4v) is 3.98. The summed E-state index contributed by atoms with van der Waals surface area (Å²) in [5, 5.41) is 3.44. The van der Waals surface area contributed by atoms with Crippen LogP contribution in [-0.2, 0) is 4.79 Å². The van der Waals surface area contributed by atoms with Crippen LogP contribution in [0.1, 0.15) is 19.8 Å². The van der Waals surface area contributed by atoms with E-state index in [9.17, 15) is 9.59 Å². The first-order valence-corrected chi connectivity index (χ1v) is 9.70. The van der Waals surface area contributed by atoms with Crippen molar-refractivity contribution in [3.63, 3.8) is 0 Å². The zero-order valence-electron chi connectivity index (χ0n) is 15.3. The lowest BCUT2D eigenvalue weighted by Gasteiger charge is -2.44. The largest absolute Gasteiger partial charge is 0.364 e. The van der Waals surface area contributed by atoms with Gasteiger partial charge in [0.25, 0.3) is 0 Å². The van der Waals surface area contributed by atoms with E-state index in [-0.39, 0.29) is 30.4 Å². The van der Waals surface area contributed by atoms with Gasteiger partial charge in [-0.3, -0.25) is 10.1 Å². The predicted octanol–water partition coefficient (Wildman–Crippen LogP) is 3.26. The van der Waals surface area contributed by atoms with Crippen LogP contribution in [0.25, 0.3) is 0 Å². The normalized spacial score (nSPS) is 20.3. The Kier molecular flexibility index (Phi) is 8.04. The molecule has 2 aliphatic rings. The van der Waals surface area contributed by atoms with E-state index in [0.717, 1.165) is 25.3 Å². The molecule has 150 valence electrons. The summed E-state index contributed by atoms with van der Waals surface area (Å²) in [4.78, 5) is 29.9. The van der Waals surface area contributed by atoms with Gasteiger partial charge in [0, 0.05) is 38.8 Å². The molecule has 1 aromatic rings. The number of nitrogens with one attached hydrogen (secondary N) is 1. The van der Waals surface area contributed by atoms with E-state index in [4.69, 9.17) is 23.2 Å². The zero-order valence-corrected chi connectivity index (χ0v) is 17.6. The Morgan fingerprint density at radius 1 is 1.11 bits per heavy atom. The molecule has 2 heterocycles. The van der Waals surface area contributed by atoms with Crippen molar-refractivity contribution in [2.45, 2.75) is 25.8 Å². The summed E-state index contributed by atoms with van der Waals surface area (Å²) in [5.74, 6) is -0.335. The number of hydrogen-bond acceptors (Lipinski definition) is 4. The van der Waals surface area contributed by atoms with Gasteiger partial charge in [0.05, 0.1) is 16.1 Å². The quantitative estimate of drug-likeness (QED) is 0.792. The summed E-state index contributed by atoms with van der Waals surface area (Å²) in [5.41, 5.74) is 1.01. The zero-order chi connectivity index (χ0) is 18.7. The van der Waals surface area contributed by atoms with E-state index in [1.807, 2.05) is 12.1 Å². The van der Waals surface area contributed by atoms with E-state index < -0.39 is 0 Å². The summed E-state index contributed by atoms with van der Waals surface area (Å²) in [6.45, 7) is 6.21. The Morgan fingerprint density at radius 2 is 1.81 bits per heavy atom. The first-order chi connectivity index (χ1) is 12.4. The molecule has 1 atom stereocenters. The van der Waals surface area contributed by atoms with Gasteiger partial charge in [-0.1, -0.05) is 23.2 Å². The van der Waals surface area contributed by atoms with E-state index in [2.05, 4.69) is 15.1 Å². The minimum absolute atomic E-state index is 0. The molecule has 0 aliphatic carbocycles. The number of benzene rings is 1. The molecular weight excluding hydrogens is 411 g/mol. The minimum atomic E-state index is -0.335. The van der Waals surface area contributed by atoms with Gasteiger partial charge in [-0.2, -0.15) is 0 Å². The van der Waals surface area contributed by atoms with Crippen molar-refractivity contribution in [2.24, 2.45) is 0 Å². The maximum absolute atomic E-state index is 12.3. The summed E-state index contributed by atoms with van der Waals surface area (Å²) < 4.78 is 0. The number of piperazine rings is 1. The molecule has 27 heavy (non-hydrogen) atoms. The second-order valence-electron chi connectivity index (χ2n) is 6.89. The molecular formula is C18H25Cl3N4O2. The van der Waals surface area contributed by atoms with Crippen molar-refractivity contribution in [3.05, 3.63) is 28.2 Å². The molecule has 3 amide bonds. The van der Waals surface area contributed by atoms with Crippen molar-refractivity contribution < 1.29 is 9.59 Å². The van der Waals surface area contributed by atoms with Gasteiger partial charge in [-0.15, -0.1) is 12.4 Å². The fourth-order valence-electron chi connectivity index (χ4n) is 3.69. The first kappa shape index (κ1) is 22.1. The van der Waals surface area contributed by atoms with Crippen molar-refractivity contribution in [1.29, 1.82) is 0 Å². The maximum atomic E-state index is 12.3. The average Bonchev–Trinajstić information content (AvgIpc) is 3.10. The second-order valence-corrected chi connectivity index (χ2v) is 7.70. The number of halogens is 3. The van der Waals surface area contributed by atoms with Crippen molar-refractivity contribution in [3.8, 4) is 0 Å². The van der Waals surface area contributed by atoms with Gasteiger partial charge >= 0.3 is 6.03 Å². The highest BCUT2D eigenvalue weighted by molar-refractivity contribution is 6.42. The summed E-state index contributed by atoms with van der Waals surface area (Å²) in [7, 11) is 0. The van der Waals surface area contributed by atoms with Crippen LogP contribution >= 0.6 is 35.6 Å². The molecule has 3 rings (SSSR count). The summed E-state index contributed by atoms with van der Waals surface area (Å²) in [6, 6.07) is 5.47. The van der Waals surface area contributed by atoms with Gasteiger partial charge in [-0.25, -0.2) is 4.79 Å². The van der Waals surface area contributed by atoms with Crippen molar-refractivity contribution in [2.75, 3.05) is 44.2 Å². The Morgan fingerprint density at radius 3 is 2.44 bits per heavy atom. The SMILES string of the molecule is CC(=O)NC(=O)N1CCN(c2ccc(Cl)c(Cl)c2)[C@H](CN2CCCC2)C1.Cl. The minimum Gasteiger partial charge on any atom is -0.364 e. The Labute approximate surface area is 176 Å². The first-order valence-electron chi connectivity index (χ1n) is 8.94. The average molecular weight is 436 g/mol. The van der Waals surface area contributed by atoms with Gasteiger partial charge in [0.15, 0.2) is 0 Å². The van der Waals surface area contributed by atoms with Gasteiger partial charge < -0.3 is 14.7 Å². The molecule has 2 fully saturated rings. The highest BCUT2D eigenvalue weighted by atomic mass is 35.5. The number of nitrogens with zero attached hydrogens (tertiary/aromatic N) is 3. The number of likely N-dealkylation sites (tertiary alicyclic amines) is 1. The summed E-state index contributed by atoms with van der Waals surface area (Å²) in [6.07, 6.45) is 2.43. The number of imide groups is 1. The molecule has 1 N–H and O–H groups in total. The Bertz CT molecular complexity index is 683. The van der Waals surface area contributed by atoms with Crippen molar-refractivity contribution in [1.82, 2.24) is 15.1 Å². The third-order valence-electron chi connectivity index (χ3n) is 4.96. The molecule has 0 spiro atoms. The lowest BCUT2D eigenvalue weighted by atomic mass is 10.1. The lowest BCUT2D eigenvalue weighted by molar-refractivity contribution is -0.118. The van der Waals surface area contributed by atoms with Crippen LogP contribution < -0.4 is 10.2 Å². The smallest absolute Gasteiger partial charge is 0.324 e. The molecule has 6 nitrogen and oxygen atoms in total. The number of carbonyl (C=O) groups is 2. The standard InChI is InChI=1S/C18H24Cl2N4O2.ClH/c1-13(25)21-18(26)23-8-9-24(14-4-5-16(19)17(20)10-14)15(12-23)11-22-6-2-3-7-22;/h4-5,10,15H,2-3,6-9,11-12H2,1H3,(H,21,25,26);1H/t15-;/m1./s1. The lowest BCUT2D eigenvalue weighted by Crippen LogP contribution is -2.60. The number of anilines is 1. The fraction of sp³-hybridized carbons (Fsp3) is 0.556. The molecule has 0 aromatic heterocycles. The van der Waals surface area contributed by atoms with Crippen molar-refractivity contribution >= 4 is 53.2 Å². The van der Waals surface area contributed by atoms with E-state index >= 15 is 0 Å². The molecule has 9 heteroatoms. The molecule has 2 aliphatic heterocycles. The van der Waals surface area contributed by atoms with Crippen LogP contribution in [-0.4, -0.2) is 67.0 Å². The third kappa shape index (κ3) is 5.64. The topological polar surface area (TPSA) is 55.9 Å². The molecule has 0 unspecified atom stereocenters. The van der Waals surface area contributed by atoms with Crippen LogP contribution in [0.5, 0.6) is 0 Å². The van der Waals surface area contributed by atoms with E-state index in [1.165, 1.54) is 19.8 Å². The van der Waals surface area contributed by atoms with Gasteiger partial charge in [-0.05, 0) is 44.1 Å². The van der Waals surface area contributed by atoms with Crippen LogP contribution in [0, 0.1) is 0 Å². The predicted molar refractivity (Wildman–Crippen MR) is 111 cm³/mol. The van der Waals surface area contributed by atoms with E-state index in [0.29, 0.717) is 29.7 Å². The van der Waals surface area contributed by atoms with Crippen LogP contribution in [0.4, 0.5) is 10.5 Å². The van der Waals surface area contributed by atoms with Gasteiger partial charge in [0.1, 0.15) is 0 Å². The van der Waals surface area contributed by atoms with Gasteiger partial charge in [0.2, 0.25) is 5.91 Å². The van der Waals surface area contributed by atoms with Crippen LogP contribution in [0.15, 0.2) is 18.2 Å². The number of amides is 3. The number of rotatable bonds is 3. The Balaban J connectivity index is 0.00000261. The highest BCUT2D eigenvalue weighted by Crippen LogP contribution is 2.29. The van der Waals surface area contributed by atoms with Crippen LogP contribution in [0.3, 0.4) is 0 Å². The number of urea groups is 1. The summed E-state index contributed by atoms with van der Waals surface area (Å²) >= 11 is 12.3. The molecule has 0 bridgehead atoms. The highest BCUT2D eigenvalue weighted by Gasteiger charge is 2.32. The molecule has 2 saturated heterocycles. The third-order valence-corrected chi connectivity index (χ3v) is 5.69. The number of hydrogen-bond donors (Lipinski definition) is 1. The number of carbonyl (C=O) groups excluding carboxylic acids is 2. The monoisotopic (exact) mass is 434 g/mol. The van der Waals surface area contributed by atoms with E-state index in [1.54, 1.807) is 11.0 Å². The molecule has 0 radical (unpaired) electrons. The van der Waals surface area contributed by atoms with Crippen LogP contribution in [0.2, 0.25) is 10.0 Å². The molecule has 0 saturated carbocycles. The maximum Gasteiger partial charge on any atom is 0.324 e. The Hall–Kier alpha value is -1.21. The second kappa shape index (κ2) is 9.82. The molecule has 1 aromatic carbocycles.